The first-order chi connectivity index (χ1) is 12.6. The number of likely N-dealkylation sites (N-methyl/N-ethyl adjacent to an activating group) is 2. The van der Waals surface area contributed by atoms with Crippen LogP contribution in [0.2, 0.25) is 0 Å². The Morgan fingerprint density at radius 2 is 1.58 bits per heavy atom. The van der Waals surface area contributed by atoms with Gasteiger partial charge in [-0.1, -0.05) is 31.2 Å². The van der Waals surface area contributed by atoms with Gasteiger partial charge < -0.3 is 20.9 Å². The first-order valence-electron chi connectivity index (χ1n) is 9.42. The van der Waals surface area contributed by atoms with Crippen LogP contribution < -0.4 is 16.0 Å². The zero-order valence-corrected chi connectivity index (χ0v) is 15.9. The summed E-state index contributed by atoms with van der Waals surface area (Å²) in [5.74, 6) is -0.186. The van der Waals surface area contributed by atoms with Gasteiger partial charge in [-0.05, 0) is 24.6 Å². The number of rotatable bonds is 8. The van der Waals surface area contributed by atoms with Gasteiger partial charge in [-0.3, -0.25) is 9.69 Å². The average Bonchev–Trinajstić information content (AvgIpc) is 2.66. The van der Waals surface area contributed by atoms with Gasteiger partial charge in [0.1, 0.15) is 0 Å². The van der Waals surface area contributed by atoms with Crippen LogP contribution in [0.15, 0.2) is 24.3 Å². The molecule has 3 N–H and O–H groups in total. The van der Waals surface area contributed by atoms with Crippen molar-refractivity contribution in [3.05, 3.63) is 35.4 Å². The Hall–Kier alpha value is -2.12. The van der Waals surface area contributed by atoms with Crippen LogP contribution in [0.5, 0.6) is 0 Å². The van der Waals surface area contributed by atoms with E-state index in [9.17, 15) is 9.59 Å². The van der Waals surface area contributed by atoms with Crippen LogP contribution in [0, 0.1) is 0 Å². The maximum Gasteiger partial charge on any atom is 0.315 e. The molecule has 0 radical (unpaired) electrons. The van der Waals surface area contributed by atoms with Gasteiger partial charge in [-0.15, -0.1) is 0 Å². The summed E-state index contributed by atoms with van der Waals surface area (Å²) in [5.41, 5.74) is 2.35. The minimum atomic E-state index is -0.331. The van der Waals surface area contributed by atoms with Crippen LogP contribution >= 0.6 is 0 Å². The van der Waals surface area contributed by atoms with E-state index in [-0.39, 0.29) is 18.5 Å². The van der Waals surface area contributed by atoms with E-state index >= 15 is 0 Å². The maximum atomic E-state index is 11.9. The molecule has 3 amide bonds. The molecule has 7 heteroatoms. The van der Waals surface area contributed by atoms with E-state index in [0.717, 1.165) is 44.8 Å². The van der Waals surface area contributed by atoms with Crippen molar-refractivity contribution in [1.29, 1.82) is 0 Å². The van der Waals surface area contributed by atoms with Crippen LogP contribution in [0.1, 0.15) is 25.0 Å². The number of hydrogen-bond acceptors (Lipinski definition) is 4. The van der Waals surface area contributed by atoms with Gasteiger partial charge in [0.2, 0.25) is 5.91 Å². The molecule has 0 spiro atoms. The second-order valence-electron chi connectivity index (χ2n) is 6.47. The topological polar surface area (TPSA) is 76.7 Å². The molecule has 1 aliphatic heterocycles. The Balaban J connectivity index is 1.81. The van der Waals surface area contributed by atoms with Gasteiger partial charge in [-0.2, -0.15) is 0 Å². The van der Waals surface area contributed by atoms with Crippen LogP contribution in [0.25, 0.3) is 0 Å². The Labute approximate surface area is 156 Å². The molecule has 0 aliphatic carbocycles. The van der Waals surface area contributed by atoms with E-state index in [1.165, 1.54) is 5.56 Å². The number of carbonyl (C=O) groups excluding carboxylic acids is 2. The molecular formula is C19H31N5O2. The highest BCUT2D eigenvalue weighted by molar-refractivity contribution is 5.83. The number of amides is 3. The number of nitrogens with zero attached hydrogens (tertiary/aromatic N) is 2. The van der Waals surface area contributed by atoms with Crippen molar-refractivity contribution in [3.8, 4) is 0 Å². The molecule has 1 aromatic carbocycles. The molecule has 0 atom stereocenters. The summed E-state index contributed by atoms with van der Waals surface area (Å²) in [6.07, 6.45) is 0. The van der Waals surface area contributed by atoms with Crippen molar-refractivity contribution in [2.24, 2.45) is 0 Å². The SMILES string of the molecule is CCNC(=O)CNC(=O)NCc1ccccc1CN1CCN(CC)CC1. The second-order valence-corrected chi connectivity index (χ2v) is 6.47. The summed E-state index contributed by atoms with van der Waals surface area (Å²) in [6, 6.07) is 7.86. The maximum absolute atomic E-state index is 11.9. The molecule has 1 aromatic rings. The van der Waals surface area contributed by atoms with E-state index in [1.807, 2.05) is 25.1 Å². The van der Waals surface area contributed by atoms with Crippen LogP contribution in [0.3, 0.4) is 0 Å². The van der Waals surface area contributed by atoms with E-state index < -0.39 is 0 Å². The van der Waals surface area contributed by atoms with Gasteiger partial charge >= 0.3 is 6.03 Å². The summed E-state index contributed by atoms with van der Waals surface area (Å²) < 4.78 is 0. The normalized spacial score (nSPS) is 15.5. The van der Waals surface area contributed by atoms with E-state index in [4.69, 9.17) is 0 Å². The molecule has 2 rings (SSSR count). The fourth-order valence-corrected chi connectivity index (χ4v) is 3.05. The number of nitrogens with one attached hydrogen (secondary N) is 3. The Bertz CT molecular complexity index is 585. The number of piperazine rings is 1. The van der Waals surface area contributed by atoms with Crippen molar-refractivity contribution < 1.29 is 9.59 Å². The monoisotopic (exact) mass is 361 g/mol. The van der Waals surface area contributed by atoms with Gasteiger partial charge in [0, 0.05) is 45.8 Å². The fraction of sp³-hybridized carbons (Fsp3) is 0.579. The largest absolute Gasteiger partial charge is 0.355 e. The minimum absolute atomic E-state index is 0.0109. The first-order valence-corrected chi connectivity index (χ1v) is 9.42. The molecule has 26 heavy (non-hydrogen) atoms. The third-order valence-corrected chi connectivity index (χ3v) is 4.65. The molecule has 1 saturated heterocycles. The molecule has 7 nitrogen and oxygen atoms in total. The highest BCUT2D eigenvalue weighted by Crippen LogP contribution is 2.13. The van der Waals surface area contributed by atoms with Crippen LogP contribution in [-0.4, -0.2) is 67.6 Å². The zero-order valence-electron chi connectivity index (χ0n) is 15.9. The Morgan fingerprint density at radius 1 is 0.923 bits per heavy atom. The van der Waals surface area contributed by atoms with Crippen molar-refractivity contribution >= 4 is 11.9 Å². The summed E-state index contributed by atoms with van der Waals surface area (Å²) >= 11 is 0. The van der Waals surface area contributed by atoms with Crippen molar-refractivity contribution in [1.82, 2.24) is 25.8 Å². The minimum Gasteiger partial charge on any atom is -0.355 e. The van der Waals surface area contributed by atoms with Crippen LogP contribution in [-0.2, 0) is 17.9 Å². The lowest BCUT2D eigenvalue weighted by Gasteiger charge is -2.34. The van der Waals surface area contributed by atoms with E-state index in [2.05, 4.69) is 38.7 Å². The van der Waals surface area contributed by atoms with Crippen molar-refractivity contribution in [2.75, 3.05) is 45.8 Å². The number of benzene rings is 1. The third kappa shape index (κ3) is 6.65. The van der Waals surface area contributed by atoms with Gasteiger partial charge in [0.25, 0.3) is 0 Å². The fourth-order valence-electron chi connectivity index (χ4n) is 3.05. The predicted molar refractivity (Wildman–Crippen MR) is 103 cm³/mol. The highest BCUT2D eigenvalue weighted by atomic mass is 16.2. The summed E-state index contributed by atoms with van der Waals surface area (Å²) in [7, 11) is 0. The molecule has 0 unspecified atom stereocenters. The van der Waals surface area contributed by atoms with Gasteiger partial charge in [-0.25, -0.2) is 4.79 Å². The Morgan fingerprint density at radius 3 is 2.23 bits per heavy atom. The van der Waals surface area contributed by atoms with E-state index in [1.54, 1.807) is 0 Å². The van der Waals surface area contributed by atoms with Gasteiger partial charge in [0.15, 0.2) is 0 Å². The van der Waals surface area contributed by atoms with Gasteiger partial charge in [0.05, 0.1) is 6.54 Å². The molecular weight excluding hydrogens is 330 g/mol. The van der Waals surface area contributed by atoms with Crippen molar-refractivity contribution in [3.63, 3.8) is 0 Å². The lowest BCUT2D eigenvalue weighted by Crippen LogP contribution is -2.45. The summed E-state index contributed by atoms with van der Waals surface area (Å²) in [6.45, 7) is 11.4. The molecule has 0 bridgehead atoms. The molecule has 0 saturated carbocycles. The van der Waals surface area contributed by atoms with Crippen LogP contribution in [0.4, 0.5) is 4.79 Å². The number of hydrogen-bond donors (Lipinski definition) is 3. The average molecular weight is 361 g/mol. The standard InChI is InChI=1S/C19H31N5O2/c1-3-20-18(25)14-22-19(26)21-13-16-7-5-6-8-17(16)15-24-11-9-23(4-2)10-12-24/h5-8H,3-4,9-15H2,1-2H3,(H,20,25)(H2,21,22,26). The molecule has 1 aliphatic rings. The molecule has 144 valence electrons. The lowest BCUT2D eigenvalue weighted by molar-refractivity contribution is -0.119. The quantitative estimate of drug-likeness (QED) is 0.639. The van der Waals surface area contributed by atoms with E-state index in [0.29, 0.717) is 13.1 Å². The second kappa shape index (κ2) is 10.8. The molecule has 0 aromatic heterocycles. The number of urea groups is 1. The summed E-state index contributed by atoms with van der Waals surface area (Å²) in [4.78, 5) is 28.2. The Kier molecular flexibility index (Phi) is 8.37. The number of carbonyl (C=O) groups is 2. The van der Waals surface area contributed by atoms with Crippen molar-refractivity contribution in [2.45, 2.75) is 26.9 Å². The summed E-state index contributed by atoms with van der Waals surface area (Å²) in [5, 5.41) is 8.05. The molecule has 1 fully saturated rings. The lowest BCUT2D eigenvalue weighted by atomic mass is 10.1. The highest BCUT2D eigenvalue weighted by Gasteiger charge is 2.16. The third-order valence-electron chi connectivity index (χ3n) is 4.65. The predicted octanol–water partition coefficient (Wildman–Crippen LogP) is 0.759. The molecule has 1 heterocycles. The zero-order chi connectivity index (χ0) is 18.8. The first kappa shape index (κ1) is 20.2. The smallest absolute Gasteiger partial charge is 0.315 e.